The van der Waals surface area contributed by atoms with Gasteiger partial charge in [0.2, 0.25) is 0 Å². The molecular formula is C20H31BrN2O2. The van der Waals surface area contributed by atoms with E-state index in [0.717, 1.165) is 23.4 Å². The standard InChI is InChI=1S/C20H31BrN2O2/c1-20(2,3)16-5-6-18(17(21)13-16)25-14-19(24)22-10-7-15-8-11-23(4)12-9-15/h5-6,13,15H,7-12,14H2,1-4H3,(H,22,24). The topological polar surface area (TPSA) is 41.6 Å². The van der Waals surface area contributed by atoms with E-state index in [1.54, 1.807) is 0 Å². The van der Waals surface area contributed by atoms with Gasteiger partial charge in [-0.05, 0) is 84.4 Å². The van der Waals surface area contributed by atoms with Gasteiger partial charge in [-0.25, -0.2) is 0 Å². The molecule has 1 N–H and O–H groups in total. The first-order chi connectivity index (χ1) is 11.8. The number of amides is 1. The lowest BCUT2D eigenvalue weighted by Gasteiger charge is -2.28. The first-order valence-corrected chi connectivity index (χ1v) is 9.93. The monoisotopic (exact) mass is 410 g/mol. The second kappa shape index (κ2) is 9.04. The zero-order valence-electron chi connectivity index (χ0n) is 15.9. The molecule has 1 fully saturated rings. The number of carbonyl (C=O) groups excluding carboxylic acids is 1. The molecule has 140 valence electrons. The van der Waals surface area contributed by atoms with E-state index >= 15 is 0 Å². The van der Waals surface area contributed by atoms with Crippen molar-refractivity contribution in [2.24, 2.45) is 5.92 Å². The Hall–Kier alpha value is -1.07. The van der Waals surface area contributed by atoms with Gasteiger partial charge >= 0.3 is 0 Å². The number of carbonyl (C=O) groups is 1. The summed E-state index contributed by atoms with van der Waals surface area (Å²) in [5, 5.41) is 2.97. The van der Waals surface area contributed by atoms with Gasteiger partial charge in [0.1, 0.15) is 5.75 Å². The maximum Gasteiger partial charge on any atom is 0.257 e. The van der Waals surface area contributed by atoms with E-state index in [9.17, 15) is 4.79 Å². The van der Waals surface area contributed by atoms with Crippen LogP contribution in [-0.2, 0) is 10.2 Å². The Morgan fingerprint density at radius 2 is 2.00 bits per heavy atom. The molecule has 1 aromatic rings. The lowest BCUT2D eigenvalue weighted by molar-refractivity contribution is -0.123. The SMILES string of the molecule is CN1CCC(CCNC(=O)COc2ccc(C(C)(C)C)cc2Br)CC1. The molecule has 0 atom stereocenters. The number of rotatable bonds is 6. The van der Waals surface area contributed by atoms with Gasteiger partial charge in [-0.3, -0.25) is 4.79 Å². The Balaban J connectivity index is 1.71. The van der Waals surface area contributed by atoms with E-state index in [-0.39, 0.29) is 17.9 Å². The fraction of sp³-hybridized carbons (Fsp3) is 0.650. The Bertz CT molecular complexity index is 576. The number of nitrogens with zero attached hydrogens (tertiary/aromatic N) is 1. The van der Waals surface area contributed by atoms with Crippen molar-refractivity contribution in [1.29, 1.82) is 0 Å². The minimum atomic E-state index is -0.0558. The molecule has 0 radical (unpaired) electrons. The first kappa shape index (κ1) is 20.2. The molecule has 0 spiro atoms. The van der Waals surface area contributed by atoms with Gasteiger partial charge in [0, 0.05) is 6.54 Å². The van der Waals surface area contributed by atoms with Gasteiger partial charge in [0.25, 0.3) is 5.91 Å². The lowest BCUT2D eigenvalue weighted by Crippen LogP contribution is -2.34. The van der Waals surface area contributed by atoms with Crippen molar-refractivity contribution in [1.82, 2.24) is 10.2 Å². The summed E-state index contributed by atoms with van der Waals surface area (Å²) in [5.41, 5.74) is 1.32. The van der Waals surface area contributed by atoms with Crippen molar-refractivity contribution in [3.05, 3.63) is 28.2 Å². The van der Waals surface area contributed by atoms with E-state index in [2.05, 4.69) is 66.1 Å². The molecule has 4 nitrogen and oxygen atoms in total. The van der Waals surface area contributed by atoms with Gasteiger partial charge in [-0.15, -0.1) is 0 Å². The van der Waals surface area contributed by atoms with Gasteiger partial charge in [0.05, 0.1) is 4.47 Å². The Morgan fingerprint density at radius 1 is 1.32 bits per heavy atom. The van der Waals surface area contributed by atoms with Gasteiger partial charge in [-0.1, -0.05) is 26.8 Å². The van der Waals surface area contributed by atoms with Crippen LogP contribution in [-0.4, -0.2) is 44.1 Å². The fourth-order valence-electron chi connectivity index (χ4n) is 3.05. The normalized spacial score (nSPS) is 16.7. The molecule has 0 aromatic heterocycles. The average Bonchev–Trinajstić information content (AvgIpc) is 2.54. The summed E-state index contributed by atoms with van der Waals surface area (Å²) >= 11 is 3.54. The number of benzene rings is 1. The number of likely N-dealkylation sites (tertiary alicyclic amines) is 1. The molecule has 1 amide bonds. The third-order valence-corrected chi connectivity index (χ3v) is 5.49. The quantitative estimate of drug-likeness (QED) is 0.770. The van der Waals surface area contributed by atoms with Crippen LogP contribution in [0, 0.1) is 5.92 Å². The van der Waals surface area contributed by atoms with Crippen LogP contribution >= 0.6 is 15.9 Å². The maximum atomic E-state index is 12.0. The number of nitrogens with one attached hydrogen (secondary N) is 1. The van der Waals surface area contributed by atoms with Crippen LogP contribution in [0.1, 0.15) is 45.6 Å². The number of piperidine rings is 1. The number of hydrogen-bond donors (Lipinski definition) is 1. The van der Waals surface area contributed by atoms with Crippen LogP contribution in [0.15, 0.2) is 22.7 Å². The summed E-state index contributed by atoms with van der Waals surface area (Å²) in [6.45, 7) is 9.65. The van der Waals surface area contributed by atoms with Crippen LogP contribution in [0.2, 0.25) is 0 Å². The van der Waals surface area contributed by atoms with E-state index in [1.165, 1.54) is 31.5 Å². The van der Waals surface area contributed by atoms with Crippen LogP contribution in [0.25, 0.3) is 0 Å². The average molecular weight is 411 g/mol. The molecule has 1 aliphatic heterocycles. The van der Waals surface area contributed by atoms with Gasteiger partial charge in [0.15, 0.2) is 6.61 Å². The zero-order chi connectivity index (χ0) is 18.4. The highest BCUT2D eigenvalue weighted by Crippen LogP contribution is 2.31. The molecule has 0 aliphatic carbocycles. The predicted molar refractivity (Wildman–Crippen MR) is 106 cm³/mol. The predicted octanol–water partition coefficient (Wildman–Crippen LogP) is 3.97. The highest BCUT2D eigenvalue weighted by atomic mass is 79.9. The molecule has 0 unspecified atom stereocenters. The number of hydrogen-bond acceptors (Lipinski definition) is 3. The molecule has 25 heavy (non-hydrogen) atoms. The summed E-state index contributed by atoms with van der Waals surface area (Å²) in [4.78, 5) is 14.4. The lowest BCUT2D eigenvalue weighted by atomic mass is 9.87. The summed E-state index contributed by atoms with van der Waals surface area (Å²) in [5.74, 6) is 1.38. The van der Waals surface area contributed by atoms with Crippen LogP contribution < -0.4 is 10.1 Å². The molecule has 0 saturated carbocycles. The van der Waals surface area contributed by atoms with Crippen molar-refractivity contribution in [2.75, 3.05) is 33.3 Å². The molecule has 1 aromatic carbocycles. The molecule has 2 rings (SSSR count). The van der Waals surface area contributed by atoms with Crippen molar-refractivity contribution in [2.45, 2.75) is 45.4 Å². The summed E-state index contributed by atoms with van der Waals surface area (Å²) in [6, 6.07) is 6.04. The Labute approximate surface area is 160 Å². The van der Waals surface area contributed by atoms with Gasteiger partial charge in [-0.2, -0.15) is 0 Å². The van der Waals surface area contributed by atoms with Crippen LogP contribution in [0.5, 0.6) is 5.75 Å². The largest absolute Gasteiger partial charge is 0.483 e. The minimum absolute atomic E-state index is 0.0558. The Morgan fingerprint density at radius 3 is 2.60 bits per heavy atom. The summed E-state index contributed by atoms with van der Waals surface area (Å²) < 4.78 is 6.55. The molecule has 1 aliphatic rings. The fourth-order valence-corrected chi connectivity index (χ4v) is 3.54. The molecular weight excluding hydrogens is 380 g/mol. The van der Waals surface area contributed by atoms with Gasteiger partial charge < -0.3 is 15.0 Å². The van der Waals surface area contributed by atoms with Crippen molar-refractivity contribution in [3.8, 4) is 5.75 Å². The smallest absolute Gasteiger partial charge is 0.257 e. The van der Waals surface area contributed by atoms with E-state index in [1.807, 2.05) is 6.07 Å². The first-order valence-electron chi connectivity index (χ1n) is 9.14. The molecule has 5 heteroatoms. The summed E-state index contributed by atoms with van der Waals surface area (Å²) in [7, 11) is 2.17. The van der Waals surface area contributed by atoms with E-state index < -0.39 is 0 Å². The van der Waals surface area contributed by atoms with Crippen LogP contribution in [0.4, 0.5) is 0 Å². The third-order valence-electron chi connectivity index (χ3n) is 4.87. The second-order valence-electron chi connectivity index (χ2n) is 8.07. The zero-order valence-corrected chi connectivity index (χ0v) is 17.5. The van der Waals surface area contributed by atoms with E-state index in [0.29, 0.717) is 5.75 Å². The Kier molecular flexibility index (Phi) is 7.32. The molecule has 1 heterocycles. The van der Waals surface area contributed by atoms with Crippen molar-refractivity contribution < 1.29 is 9.53 Å². The number of halogens is 1. The summed E-state index contributed by atoms with van der Waals surface area (Å²) in [6.07, 6.45) is 3.52. The highest BCUT2D eigenvalue weighted by molar-refractivity contribution is 9.10. The van der Waals surface area contributed by atoms with Crippen molar-refractivity contribution in [3.63, 3.8) is 0 Å². The third kappa shape index (κ3) is 6.63. The second-order valence-corrected chi connectivity index (χ2v) is 8.92. The van der Waals surface area contributed by atoms with Crippen molar-refractivity contribution >= 4 is 21.8 Å². The highest BCUT2D eigenvalue weighted by Gasteiger charge is 2.17. The molecule has 1 saturated heterocycles. The maximum absolute atomic E-state index is 12.0. The molecule has 0 bridgehead atoms. The van der Waals surface area contributed by atoms with E-state index in [4.69, 9.17) is 4.74 Å². The number of ether oxygens (including phenoxy) is 1. The van der Waals surface area contributed by atoms with Crippen LogP contribution in [0.3, 0.4) is 0 Å². The minimum Gasteiger partial charge on any atom is -0.483 e.